The molecule has 0 aliphatic heterocycles. The van der Waals surface area contributed by atoms with Crippen LogP contribution < -0.4 is 19.7 Å². The molecule has 9 heteroatoms. The van der Waals surface area contributed by atoms with Gasteiger partial charge in [-0.05, 0) is 55.5 Å². The molecule has 7 nitrogen and oxygen atoms in total. The van der Waals surface area contributed by atoms with Crippen LogP contribution in [0.1, 0.15) is 6.92 Å². The summed E-state index contributed by atoms with van der Waals surface area (Å²) in [5.41, 5.74) is 2.07. The number of methoxy groups -OCH3 is 1. The van der Waals surface area contributed by atoms with Gasteiger partial charge in [0.15, 0.2) is 6.10 Å². The first-order valence-corrected chi connectivity index (χ1v) is 8.68. The third-order valence-electron chi connectivity index (χ3n) is 3.17. The van der Waals surface area contributed by atoms with Crippen LogP contribution in [0.4, 0.5) is 4.39 Å². The molecular weight excluding hydrogens is 351 g/mol. The second-order valence-corrected chi connectivity index (χ2v) is 6.67. The SMILES string of the molecule is COc1ccc(S(=O)(=O)NNC(=O)[C@@H](C)Oc2ccc(F)cc2)cc1. The highest BCUT2D eigenvalue weighted by Gasteiger charge is 2.19. The van der Waals surface area contributed by atoms with Crippen LogP contribution in [0.3, 0.4) is 0 Å². The minimum absolute atomic E-state index is 0.0410. The van der Waals surface area contributed by atoms with E-state index in [1.54, 1.807) is 0 Å². The Kier molecular flexibility index (Phi) is 5.94. The Bertz CT molecular complexity index is 823. The van der Waals surface area contributed by atoms with E-state index in [0.717, 1.165) is 0 Å². The molecule has 2 aromatic carbocycles. The summed E-state index contributed by atoms with van der Waals surface area (Å²) in [6, 6.07) is 10.7. The van der Waals surface area contributed by atoms with Crippen LogP contribution in [0.2, 0.25) is 0 Å². The molecule has 0 radical (unpaired) electrons. The summed E-state index contributed by atoms with van der Waals surface area (Å²) in [6.45, 7) is 1.43. The van der Waals surface area contributed by atoms with Crippen LogP contribution in [0.25, 0.3) is 0 Å². The number of benzene rings is 2. The van der Waals surface area contributed by atoms with Crippen LogP contribution in [0.5, 0.6) is 11.5 Å². The zero-order valence-corrected chi connectivity index (χ0v) is 14.3. The normalized spacial score (nSPS) is 12.3. The Balaban J connectivity index is 1.94. The summed E-state index contributed by atoms with van der Waals surface area (Å²) in [6.07, 6.45) is -0.996. The van der Waals surface area contributed by atoms with Crippen molar-refractivity contribution < 1.29 is 27.1 Å². The van der Waals surface area contributed by atoms with Gasteiger partial charge in [0.05, 0.1) is 12.0 Å². The first kappa shape index (κ1) is 18.7. The van der Waals surface area contributed by atoms with Crippen molar-refractivity contribution in [3.05, 3.63) is 54.3 Å². The fourth-order valence-corrected chi connectivity index (χ4v) is 2.65. The number of ether oxygens (including phenoxy) is 2. The van der Waals surface area contributed by atoms with Gasteiger partial charge in [-0.25, -0.2) is 12.8 Å². The van der Waals surface area contributed by atoms with Crippen molar-refractivity contribution in [3.63, 3.8) is 0 Å². The summed E-state index contributed by atoms with van der Waals surface area (Å²) in [5.74, 6) is -0.357. The van der Waals surface area contributed by atoms with Gasteiger partial charge in [-0.1, -0.05) is 0 Å². The van der Waals surface area contributed by atoms with Crippen LogP contribution in [-0.4, -0.2) is 27.5 Å². The number of halogens is 1. The fourth-order valence-electron chi connectivity index (χ4n) is 1.80. The van der Waals surface area contributed by atoms with Gasteiger partial charge in [0.25, 0.3) is 15.9 Å². The van der Waals surface area contributed by atoms with Crippen molar-refractivity contribution in [3.8, 4) is 11.5 Å². The van der Waals surface area contributed by atoms with Gasteiger partial charge in [0.1, 0.15) is 17.3 Å². The number of carbonyl (C=O) groups excluding carboxylic acids is 1. The number of hydrogen-bond acceptors (Lipinski definition) is 5. The average Bonchev–Trinajstić information content (AvgIpc) is 2.61. The van der Waals surface area contributed by atoms with E-state index in [9.17, 15) is 17.6 Å². The van der Waals surface area contributed by atoms with Crippen molar-refractivity contribution >= 4 is 15.9 Å². The third kappa shape index (κ3) is 5.16. The molecule has 0 spiro atoms. The van der Waals surface area contributed by atoms with Crippen molar-refractivity contribution in [2.75, 3.05) is 7.11 Å². The van der Waals surface area contributed by atoms with Crippen molar-refractivity contribution in [2.45, 2.75) is 17.9 Å². The van der Waals surface area contributed by atoms with E-state index in [-0.39, 0.29) is 10.6 Å². The minimum Gasteiger partial charge on any atom is -0.497 e. The molecule has 0 unspecified atom stereocenters. The Morgan fingerprint density at radius 1 is 1.04 bits per heavy atom. The van der Waals surface area contributed by atoms with E-state index in [0.29, 0.717) is 5.75 Å². The number of nitrogens with one attached hydrogen (secondary N) is 2. The molecule has 1 atom stereocenters. The zero-order valence-electron chi connectivity index (χ0n) is 13.5. The highest BCUT2D eigenvalue weighted by Crippen LogP contribution is 2.15. The molecule has 2 aromatic rings. The number of carbonyl (C=O) groups is 1. The lowest BCUT2D eigenvalue weighted by atomic mass is 10.3. The molecule has 0 bridgehead atoms. The molecule has 134 valence electrons. The van der Waals surface area contributed by atoms with E-state index in [1.807, 2.05) is 4.83 Å². The van der Waals surface area contributed by atoms with E-state index < -0.39 is 27.9 Å². The Labute approximate surface area is 144 Å². The second-order valence-electron chi connectivity index (χ2n) is 4.98. The summed E-state index contributed by atoms with van der Waals surface area (Å²) < 4.78 is 47.3. The molecule has 0 aliphatic carbocycles. The molecule has 0 fully saturated rings. The van der Waals surface area contributed by atoms with E-state index in [4.69, 9.17) is 9.47 Å². The van der Waals surface area contributed by atoms with Gasteiger partial charge in [-0.15, -0.1) is 4.83 Å². The number of hydrogen-bond donors (Lipinski definition) is 2. The summed E-state index contributed by atoms with van der Waals surface area (Å²) in [4.78, 5) is 13.9. The van der Waals surface area contributed by atoms with Crippen molar-refractivity contribution in [2.24, 2.45) is 0 Å². The molecule has 1 amide bonds. The van der Waals surface area contributed by atoms with Gasteiger partial charge >= 0.3 is 0 Å². The number of hydrazine groups is 1. The van der Waals surface area contributed by atoms with Crippen LogP contribution in [-0.2, 0) is 14.8 Å². The quantitative estimate of drug-likeness (QED) is 0.724. The zero-order chi connectivity index (χ0) is 18.4. The summed E-state index contributed by atoms with van der Waals surface area (Å²) in [7, 11) is -2.47. The maximum Gasteiger partial charge on any atom is 0.275 e. The monoisotopic (exact) mass is 368 g/mol. The maximum atomic E-state index is 12.8. The maximum absolute atomic E-state index is 12.8. The van der Waals surface area contributed by atoms with E-state index in [2.05, 4.69) is 5.43 Å². The van der Waals surface area contributed by atoms with Gasteiger partial charge in [0, 0.05) is 0 Å². The lowest BCUT2D eigenvalue weighted by molar-refractivity contribution is -0.127. The summed E-state index contributed by atoms with van der Waals surface area (Å²) in [5, 5.41) is 0. The highest BCUT2D eigenvalue weighted by molar-refractivity contribution is 7.89. The molecular formula is C16H17FN2O5S. The molecule has 0 aromatic heterocycles. The Hall–Kier alpha value is -2.65. The van der Waals surface area contributed by atoms with Crippen LogP contribution in [0.15, 0.2) is 53.4 Å². The van der Waals surface area contributed by atoms with E-state index >= 15 is 0 Å². The predicted octanol–water partition coefficient (Wildman–Crippen LogP) is 1.61. The average molecular weight is 368 g/mol. The Morgan fingerprint density at radius 2 is 1.60 bits per heavy atom. The number of rotatable bonds is 7. The molecule has 2 rings (SSSR count). The lowest BCUT2D eigenvalue weighted by Crippen LogP contribution is -2.47. The molecule has 25 heavy (non-hydrogen) atoms. The standard InChI is InChI=1S/C16H17FN2O5S/c1-11(24-14-5-3-12(17)4-6-14)16(20)18-19-25(21,22)15-9-7-13(23-2)8-10-15/h3-11,19H,1-2H3,(H,18,20)/t11-/m1/s1. The molecule has 2 N–H and O–H groups in total. The lowest BCUT2D eigenvalue weighted by Gasteiger charge is -2.15. The molecule has 0 saturated carbocycles. The van der Waals surface area contributed by atoms with Gasteiger partial charge < -0.3 is 9.47 Å². The first-order valence-electron chi connectivity index (χ1n) is 7.20. The summed E-state index contributed by atoms with van der Waals surface area (Å²) >= 11 is 0. The predicted molar refractivity (Wildman–Crippen MR) is 87.9 cm³/mol. The molecule has 0 aliphatic rings. The van der Waals surface area contributed by atoms with E-state index in [1.165, 1.54) is 62.6 Å². The largest absolute Gasteiger partial charge is 0.497 e. The third-order valence-corrected chi connectivity index (χ3v) is 4.44. The fraction of sp³-hybridized carbons (Fsp3) is 0.188. The van der Waals surface area contributed by atoms with Crippen LogP contribution >= 0.6 is 0 Å². The van der Waals surface area contributed by atoms with Crippen molar-refractivity contribution in [1.82, 2.24) is 10.3 Å². The topological polar surface area (TPSA) is 93.7 Å². The minimum atomic E-state index is -3.93. The van der Waals surface area contributed by atoms with Crippen molar-refractivity contribution in [1.29, 1.82) is 0 Å². The Morgan fingerprint density at radius 3 is 2.16 bits per heavy atom. The van der Waals surface area contributed by atoms with Gasteiger partial charge in [-0.2, -0.15) is 0 Å². The number of amides is 1. The van der Waals surface area contributed by atoms with Gasteiger partial charge in [0.2, 0.25) is 0 Å². The molecule has 0 saturated heterocycles. The highest BCUT2D eigenvalue weighted by atomic mass is 32.2. The van der Waals surface area contributed by atoms with Crippen LogP contribution in [0, 0.1) is 5.82 Å². The number of sulfonamides is 1. The second kappa shape index (κ2) is 7.95. The molecule has 0 heterocycles. The van der Waals surface area contributed by atoms with Gasteiger partial charge in [-0.3, -0.25) is 10.2 Å². The smallest absolute Gasteiger partial charge is 0.275 e. The first-order chi connectivity index (χ1) is 11.8.